The van der Waals surface area contributed by atoms with Crippen molar-refractivity contribution in [2.75, 3.05) is 26.4 Å². The first-order valence-electron chi connectivity index (χ1n) is 5.16. The third kappa shape index (κ3) is 6.35. The molecule has 92 valence electrons. The maximum absolute atomic E-state index is 11.2. The largest absolute Gasteiger partial charge is 0.455 e. The van der Waals surface area contributed by atoms with Gasteiger partial charge in [0.2, 0.25) is 0 Å². The molecule has 16 heavy (non-hydrogen) atoms. The van der Waals surface area contributed by atoms with Crippen LogP contribution < -0.4 is 5.73 Å². The van der Waals surface area contributed by atoms with Crippen molar-refractivity contribution in [3.8, 4) is 6.07 Å². The summed E-state index contributed by atoms with van der Waals surface area (Å²) in [4.78, 5) is 11.2. The second-order valence-electron chi connectivity index (χ2n) is 2.98. The molecule has 0 rings (SSSR count). The summed E-state index contributed by atoms with van der Waals surface area (Å²) in [6, 6.07) is 0.345. The predicted octanol–water partition coefficient (Wildman–Crippen LogP) is -0.178. The first-order chi connectivity index (χ1) is 7.65. The highest BCUT2D eigenvalue weighted by Gasteiger charge is 2.20. The number of esters is 1. The van der Waals surface area contributed by atoms with Gasteiger partial charge in [0, 0.05) is 13.2 Å². The van der Waals surface area contributed by atoms with Gasteiger partial charge in [0.15, 0.2) is 6.04 Å². The van der Waals surface area contributed by atoms with Crippen molar-refractivity contribution in [3.63, 3.8) is 0 Å². The summed E-state index contributed by atoms with van der Waals surface area (Å²) < 4.78 is 15.2. The van der Waals surface area contributed by atoms with E-state index < -0.39 is 18.1 Å². The van der Waals surface area contributed by atoms with Crippen molar-refractivity contribution < 1.29 is 19.0 Å². The molecule has 0 aliphatic carbocycles. The zero-order valence-corrected chi connectivity index (χ0v) is 9.64. The third-order valence-corrected chi connectivity index (χ3v) is 1.69. The number of carbonyl (C=O) groups excluding carboxylic acids is 1. The van der Waals surface area contributed by atoms with Crippen LogP contribution in [0.15, 0.2) is 0 Å². The number of hydrogen-bond donors (Lipinski definition) is 1. The van der Waals surface area contributed by atoms with Gasteiger partial charge in [0.1, 0.15) is 6.10 Å². The Morgan fingerprint density at radius 1 is 1.31 bits per heavy atom. The topological polar surface area (TPSA) is 94.6 Å². The molecule has 0 bridgehead atoms. The quantitative estimate of drug-likeness (QED) is 0.581. The van der Waals surface area contributed by atoms with Crippen molar-refractivity contribution in [1.29, 1.82) is 5.26 Å². The lowest BCUT2D eigenvalue weighted by Gasteiger charge is -2.17. The SMILES string of the molecule is CCOCC(COCC)OC(=O)C(N)C#N. The average Bonchev–Trinajstić information content (AvgIpc) is 2.31. The van der Waals surface area contributed by atoms with E-state index in [1.807, 2.05) is 13.8 Å². The summed E-state index contributed by atoms with van der Waals surface area (Å²) >= 11 is 0. The number of rotatable bonds is 8. The number of hydrogen-bond acceptors (Lipinski definition) is 6. The van der Waals surface area contributed by atoms with E-state index >= 15 is 0 Å². The highest BCUT2D eigenvalue weighted by molar-refractivity contribution is 5.78. The Balaban J connectivity index is 4.08. The van der Waals surface area contributed by atoms with Gasteiger partial charge in [-0.15, -0.1) is 0 Å². The van der Waals surface area contributed by atoms with Gasteiger partial charge in [0.05, 0.1) is 19.3 Å². The minimum Gasteiger partial charge on any atom is -0.455 e. The molecule has 0 spiro atoms. The minimum absolute atomic E-state index is 0.236. The summed E-state index contributed by atoms with van der Waals surface area (Å²) in [6.45, 7) is 5.18. The Hall–Kier alpha value is -1.16. The van der Waals surface area contributed by atoms with E-state index in [0.717, 1.165) is 0 Å². The number of ether oxygens (including phenoxy) is 3. The van der Waals surface area contributed by atoms with Crippen LogP contribution in [0.2, 0.25) is 0 Å². The second kappa shape index (κ2) is 9.09. The molecule has 1 atom stereocenters. The van der Waals surface area contributed by atoms with Crippen LogP contribution in [0.25, 0.3) is 0 Å². The summed E-state index contributed by atoms with van der Waals surface area (Å²) in [5.41, 5.74) is 5.20. The van der Waals surface area contributed by atoms with Crippen LogP contribution in [0, 0.1) is 11.3 Å². The second-order valence-corrected chi connectivity index (χ2v) is 2.98. The molecule has 0 aromatic rings. The van der Waals surface area contributed by atoms with Crippen LogP contribution >= 0.6 is 0 Å². The Labute approximate surface area is 95.3 Å². The zero-order chi connectivity index (χ0) is 12.4. The van der Waals surface area contributed by atoms with Gasteiger partial charge in [-0.05, 0) is 13.8 Å². The molecule has 0 amide bonds. The minimum atomic E-state index is -1.26. The van der Waals surface area contributed by atoms with Crippen LogP contribution in [0.5, 0.6) is 0 Å². The van der Waals surface area contributed by atoms with Gasteiger partial charge in [-0.1, -0.05) is 0 Å². The molecule has 0 heterocycles. The van der Waals surface area contributed by atoms with Crippen molar-refractivity contribution in [3.05, 3.63) is 0 Å². The summed E-state index contributed by atoms with van der Waals surface area (Å²) in [7, 11) is 0. The zero-order valence-electron chi connectivity index (χ0n) is 9.64. The molecule has 1 unspecified atom stereocenters. The van der Waals surface area contributed by atoms with Gasteiger partial charge in [-0.25, -0.2) is 4.79 Å². The maximum atomic E-state index is 11.2. The first kappa shape index (κ1) is 14.8. The Kier molecular flexibility index (Phi) is 8.43. The van der Waals surface area contributed by atoms with E-state index in [4.69, 9.17) is 25.2 Å². The Bertz CT molecular complexity index is 231. The van der Waals surface area contributed by atoms with Crippen molar-refractivity contribution in [1.82, 2.24) is 0 Å². The van der Waals surface area contributed by atoms with E-state index in [1.54, 1.807) is 6.07 Å². The average molecular weight is 230 g/mol. The van der Waals surface area contributed by atoms with E-state index in [2.05, 4.69) is 0 Å². The van der Waals surface area contributed by atoms with Gasteiger partial charge >= 0.3 is 5.97 Å². The fourth-order valence-corrected chi connectivity index (χ4v) is 0.905. The molecule has 2 N–H and O–H groups in total. The smallest absolute Gasteiger partial charge is 0.338 e. The number of nitrogens with zero attached hydrogens (tertiary/aromatic N) is 1. The molecule has 0 fully saturated rings. The molecular formula is C10H18N2O4. The van der Waals surface area contributed by atoms with E-state index in [0.29, 0.717) is 13.2 Å². The standard InChI is InChI=1S/C10H18N2O4/c1-3-14-6-8(7-15-4-2)16-10(13)9(12)5-11/h8-9H,3-4,6-7,12H2,1-2H3. The van der Waals surface area contributed by atoms with Crippen LogP contribution in [-0.4, -0.2) is 44.5 Å². The fraction of sp³-hybridized carbons (Fsp3) is 0.800. The molecule has 0 aromatic carbocycles. The molecule has 0 saturated carbocycles. The lowest BCUT2D eigenvalue weighted by Crippen LogP contribution is -2.37. The Morgan fingerprint density at radius 2 is 1.81 bits per heavy atom. The normalized spacial score (nSPS) is 12.2. The highest BCUT2D eigenvalue weighted by Crippen LogP contribution is 1.98. The monoisotopic (exact) mass is 230 g/mol. The van der Waals surface area contributed by atoms with Crippen LogP contribution in [0.4, 0.5) is 0 Å². The molecule has 0 aliphatic heterocycles. The fourth-order valence-electron chi connectivity index (χ4n) is 0.905. The van der Waals surface area contributed by atoms with E-state index in [-0.39, 0.29) is 13.2 Å². The molecule has 6 nitrogen and oxygen atoms in total. The van der Waals surface area contributed by atoms with Gasteiger partial charge in [-0.2, -0.15) is 5.26 Å². The third-order valence-electron chi connectivity index (χ3n) is 1.69. The van der Waals surface area contributed by atoms with Gasteiger partial charge in [0.25, 0.3) is 0 Å². The molecular weight excluding hydrogens is 212 g/mol. The highest BCUT2D eigenvalue weighted by atomic mass is 16.6. The van der Waals surface area contributed by atoms with Crippen molar-refractivity contribution in [2.45, 2.75) is 26.0 Å². The number of nitriles is 1. The molecule has 0 radical (unpaired) electrons. The molecule has 6 heteroatoms. The summed E-state index contributed by atoms with van der Waals surface area (Å²) in [5, 5.41) is 8.43. The first-order valence-corrected chi connectivity index (χ1v) is 5.16. The maximum Gasteiger partial charge on any atom is 0.338 e. The van der Waals surface area contributed by atoms with Crippen LogP contribution in [-0.2, 0) is 19.0 Å². The molecule has 0 aromatic heterocycles. The summed E-state index contributed by atoms with van der Waals surface area (Å²) in [5.74, 6) is -0.757. The van der Waals surface area contributed by atoms with Gasteiger partial charge < -0.3 is 19.9 Å². The molecule has 0 aliphatic rings. The lowest BCUT2D eigenvalue weighted by molar-refractivity contribution is -0.156. The van der Waals surface area contributed by atoms with Crippen molar-refractivity contribution >= 4 is 5.97 Å². The van der Waals surface area contributed by atoms with Crippen molar-refractivity contribution in [2.24, 2.45) is 5.73 Å². The summed E-state index contributed by atoms with van der Waals surface area (Å²) in [6.07, 6.45) is -0.521. The van der Waals surface area contributed by atoms with Crippen LogP contribution in [0.3, 0.4) is 0 Å². The lowest BCUT2D eigenvalue weighted by atomic mass is 10.3. The number of nitrogens with two attached hydrogens (primary N) is 1. The van der Waals surface area contributed by atoms with Gasteiger partial charge in [-0.3, -0.25) is 0 Å². The van der Waals surface area contributed by atoms with Crippen LogP contribution in [0.1, 0.15) is 13.8 Å². The predicted molar refractivity (Wildman–Crippen MR) is 56.5 cm³/mol. The molecule has 0 saturated heterocycles. The van der Waals surface area contributed by atoms with E-state index in [1.165, 1.54) is 0 Å². The number of carbonyl (C=O) groups is 1. The Morgan fingerprint density at radius 3 is 2.19 bits per heavy atom. The van der Waals surface area contributed by atoms with E-state index in [9.17, 15) is 4.79 Å².